The zero-order chi connectivity index (χ0) is 20.8. The molecule has 0 spiro atoms. The molecular weight excluding hydrogens is 373 g/mol. The second kappa shape index (κ2) is 9.54. The highest BCUT2D eigenvalue weighted by Crippen LogP contribution is 2.18. The van der Waals surface area contributed by atoms with Gasteiger partial charge < -0.3 is 19.9 Å². The topological polar surface area (TPSA) is 70.6 Å². The van der Waals surface area contributed by atoms with Crippen LogP contribution in [0.4, 0.5) is 15.0 Å². The number of carbonyl (C=O) groups excluding carboxylic acids is 1. The molecule has 0 unspecified atom stereocenters. The Bertz CT molecular complexity index is 838. The lowest BCUT2D eigenvalue weighted by atomic mass is 10.2. The molecule has 0 radical (unpaired) electrons. The van der Waals surface area contributed by atoms with Crippen LogP contribution in [0.1, 0.15) is 31.3 Å². The van der Waals surface area contributed by atoms with Gasteiger partial charge in [-0.3, -0.25) is 0 Å². The van der Waals surface area contributed by atoms with Crippen molar-refractivity contribution in [2.45, 2.75) is 26.7 Å². The van der Waals surface area contributed by atoms with Crippen LogP contribution in [0.2, 0.25) is 0 Å². The second-order valence-corrected chi connectivity index (χ2v) is 7.39. The second-order valence-electron chi connectivity index (χ2n) is 7.39. The first-order valence-electron chi connectivity index (χ1n) is 9.94. The highest BCUT2D eigenvalue weighted by molar-refractivity contribution is 5.74. The molecule has 2 heterocycles. The molecule has 1 fully saturated rings. The van der Waals surface area contributed by atoms with E-state index in [0.717, 1.165) is 30.4 Å². The van der Waals surface area contributed by atoms with Gasteiger partial charge >= 0.3 is 6.03 Å². The number of halogens is 1. The van der Waals surface area contributed by atoms with Crippen molar-refractivity contribution in [2.75, 3.05) is 44.2 Å². The molecule has 8 heteroatoms. The number of piperazine rings is 1. The van der Waals surface area contributed by atoms with Crippen molar-refractivity contribution in [1.29, 1.82) is 0 Å². The maximum Gasteiger partial charge on any atom is 0.317 e. The van der Waals surface area contributed by atoms with E-state index in [4.69, 9.17) is 4.74 Å². The van der Waals surface area contributed by atoms with Gasteiger partial charge in [0.25, 0.3) is 0 Å². The molecule has 1 aromatic carbocycles. The molecule has 0 aliphatic carbocycles. The van der Waals surface area contributed by atoms with Crippen molar-refractivity contribution >= 4 is 11.8 Å². The lowest BCUT2D eigenvalue weighted by Gasteiger charge is -2.35. The molecule has 7 nitrogen and oxygen atoms in total. The van der Waals surface area contributed by atoms with Gasteiger partial charge in [0.2, 0.25) is 0 Å². The molecule has 0 saturated carbocycles. The first kappa shape index (κ1) is 20.8. The lowest BCUT2D eigenvalue weighted by molar-refractivity contribution is 0.191. The average molecular weight is 401 g/mol. The number of hydrogen-bond donors (Lipinski definition) is 1. The van der Waals surface area contributed by atoms with Crippen LogP contribution in [0.5, 0.6) is 5.75 Å². The summed E-state index contributed by atoms with van der Waals surface area (Å²) in [6.07, 6.45) is 0. The number of rotatable bonds is 6. The van der Waals surface area contributed by atoms with Crippen LogP contribution in [0.15, 0.2) is 30.3 Å². The van der Waals surface area contributed by atoms with Crippen molar-refractivity contribution in [1.82, 2.24) is 20.2 Å². The predicted molar refractivity (Wildman–Crippen MR) is 110 cm³/mol. The Hall–Kier alpha value is -2.90. The molecule has 0 atom stereocenters. The number of hydrogen-bond acceptors (Lipinski definition) is 5. The fourth-order valence-corrected chi connectivity index (χ4v) is 3.13. The molecular formula is C21H28FN5O2. The Morgan fingerprint density at radius 3 is 2.66 bits per heavy atom. The van der Waals surface area contributed by atoms with Gasteiger partial charge in [-0.15, -0.1) is 0 Å². The molecule has 156 valence electrons. The number of aromatic nitrogens is 2. The van der Waals surface area contributed by atoms with E-state index in [-0.39, 0.29) is 24.4 Å². The minimum absolute atomic E-state index is 0.116. The van der Waals surface area contributed by atoms with E-state index in [1.165, 1.54) is 12.1 Å². The largest absolute Gasteiger partial charge is 0.492 e. The number of benzene rings is 1. The van der Waals surface area contributed by atoms with Crippen LogP contribution in [-0.2, 0) is 0 Å². The van der Waals surface area contributed by atoms with Crippen LogP contribution in [0.25, 0.3) is 0 Å². The van der Waals surface area contributed by atoms with Crippen molar-refractivity contribution < 1.29 is 13.9 Å². The summed E-state index contributed by atoms with van der Waals surface area (Å²) in [5, 5.41) is 2.85. The number of ether oxygens (including phenoxy) is 1. The third kappa shape index (κ3) is 5.79. The van der Waals surface area contributed by atoms with Crippen LogP contribution < -0.4 is 15.0 Å². The Balaban J connectivity index is 1.43. The maximum absolute atomic E-state index is 13.1. The fraction of sp³-hybridized carbons (Fsp3) is 0.476. The standard InChI is InChI=1S/C21H28FN5O2/c1-15(2)20-24-16(3)13-19(25-20)26-8-10-27(11-9-26)21(28)23-7-12-29-18-6-4-5-17(22)14-18/h4-6,13-15H,7-12H2,1-3H3,(H,23,28). The molecule has 1 aliphatic rings. The van der Waals surface area contributed by atoms with Crippen molar-refractivity contribution in [3.8, 4) is 5.75 Å². The minimum atomic E-state index is -0.344. The van der Waals surface area contributed by atoms with E-state index in [2.05, 4.69) is 34.0 Å². The van der Waals surface area contributed by atoms with E-state index in [9.17, 15) is 9.18 Å². The van der Waals surface area contributed by atoms with E-state index >= 15 is 0 Å². The summed E-state index contributed by atoms with van der Waals surface area (Å²) in [4.78, 5) is 25.5. The van der Waals surface area contributed by atoms with Gasteiger partial charge in [0.1, 0.15) is 29.8 Å². The SMILES string of the molecule is Cc1cc(N2CCN(C(=O)NCCOc3cccc(F)c3)CC2)nc(C(C)C)n1. The third-order valence-corrected chi connectivity index (χ3v) is 4.71. The summed E-state index contributed by atoms with van der Waals surface area (Å²) in [5.74, 6) is 2.15. The first-order chi connectivity index (χ1) is 13.9. The van der Waals surface area contributed by atoms with Crippen LogP contribution >= 0.6 is 0 Å². The zero-order valence-corrected chi connectivity index (χ0v) is 17.2. The maximum atomic E-state index is 13.1. The minimum Gasteiger partial charge on any atom is -0.492 e. The third-order valence-electron chi connectivity index (χ3n) is 4.71. The van der Waals surface area contributed by atoms with Gasteiger partial charge in [-0.25, -0.2) is 19.2 Å². The summed E-state index contributed by atoms with van der Waals surface area (Å²) in [7, 11) is 0. The van der Waals surface area contributed by atoms with E-state index in [1.807, 2.05) is 13.0 Å². The summed E-state index contributed by atoms with van der Waals surface area (Å²) in [6.45, 7) is 9.48. The number of urea groups is 1. The smallest absolute Gasteiger partial charge is 0.317 e. The van der Waals surface area contributed by atoms with Gasteiger partial charge in [0, 0.05) is 49.9 Å². The summed E-state index contributed by atoms with van der Waals surface area (Å²) >= 11 is 0. The Morgan fingerprint density at radius 1 is 1.21 bits per heavy atom. The number of aryl methyl sites for hydroxylation is 1. The number of nitrogens with zero attached hydrogens (tertiary/aromatic N) is 4. The van der Waals surface area contributed by atoms with E-state index in [1.54, 1.807) is 17.0 Å². The number of amides is 2. The molecule has 1 saturated heterocycles. The Labute approximate surface area is 170 Å². The van der Waals surface area contributed by atoms with E-state index in [0.29, 0.717) is 25.4 Å². The zero-order valence-electron chi connectivity index (χ0n) is 17.2. The summed E-state index contributed by atoms with van der Waals surface area (Å²) in [6, 6.07) is 7.83. The monoisotopic (exact) mass is 401 g/mol. The molecule has 0 bridgehead atoms. The lowest BCUT2D eigenvalue weighted by Crippen LogP contribution is -2.52. The molecule has 3 rings (SSSR count). The quantitative estimate of drug-likeness (QED) is 0.754. The first-order valence-corrected chi connectivity index (χ1v) is 9.94. The van der Waals surface area contributed by atoms with Gasteiger partial charge in [0.15, 0.2) is 0 Å². The Kier molecular flexibility index (Phi) is 6.85. The van der Waals surface area contributed by atoms with Gasteiger partial charge in [-0.2, -0.15) is 0 Å². The normalized spacial score (nSPS) is 14.2. The fourth-order valence-electron chi connectivity index (χ4n) is 3.13. The van der Waals surface area contributed by atoms with Crippen molar-refractivity contribution in [2.24, 2.45) is 0 Å². The highest BCUT2D eigenvalue weighted by Gasteiger charge is 2.22. The van der Waals surface area contributed by atoms with Crippen LogP contribution in [0, 0.1) is 12.7 Å². The van der Waals surface area contributed by atoms with Crippen molar-refractivity contribution in [3.05, 3.63) is 47.7 Å². The average Bonchev–Trinajstić information content (AvgIpc) is 2.71. The number of nitrogens with one attached hydrogen (secondary N) is 1. The van der Waals surface area contributed by atoms with Crippen LogP contribution in [-0.4, -0.2) is 60.2 Å². The molecule has 1 aromatic heterocycles. The molecule has 2 amide bonds. The van der Waals surface area contributed by atoms with Crippen molar-refractivity contribution in [3.63, 3.8) is 0 Å². The Morgan fingerprint density at radius 2 is 1.97 bits per heavy atom. The summed E-state index contributed by atoms with van der Waals surface area (Å²) < 4.78 is 18.6. The predicted octanol–water partition coefficient (Wildman–Crippen LogP) is 2.96. The molecule has 1 N–H and O–H groups in total. The van der Waals surface area contributed by atoms with Crippen LogP contribution in [0.3, 0.4) is 0 Å². The molecule has 1 aliphatic heterocycles. The number of carbonyl (C=O) groups is 1. The van der Waals surface area contributed by atoms with Gasteiger partial charge in [-0.05, 0) is 19.1 Å². The van der Waals surface area contributed by atoms with Gasteiger partial charge in [0.05, 0.1) is 6.54 Å². The molecule has 29 heavy (non-hydrogen) atoms. The van der Waals surface area contributed by atoms with Gasteiger partial charge in [-0.1, -0.05) is 19.9 Å². The van der Waals surface area contributed by atoms with E-state index < -0.39 is 0 Å². The summed E-state index contributed by atoms with van der Waals surface area (Å²) in [5.41, 5.74) is 0.956. The highest BCUT2D eigenvalue weighted by atomic mass is 19.1. The number of anilines is 1. The molecule has 2 aromatic rings.